The molecule has 20 heavy (non-hydrogen) atoms. The molecule has 0 bridgehead atoms. The average molecular weight is 310 g/mol. The number of hydrogen-bond acceptors (Lipinski definition) is 3. The van der Waals surface area contributed by atoms with Gasteiger partial charge in [-0.05, 0) is 30.4 Å². The molecule has 2 heterocycles. The summed E-state index contributed by atoms with van der Waals surface area (Å²) in [7, 11) is 0. The molecule has 1 fully saturated rings. The first-order valence-corrected chi connectivity index (χ1v) is 7.36. The molecule has 3 rings (SSSR count). The molecule has 4 nitrogen and oxygen atoms in total. The molecule has 0 atom stereocenters. The summed E-state index contributed by atoms with van der Waals surface area (Å²) in [5.74, 6) is 0. The minimum Gasteiger partial charge on any atom is -0.379 e. The number of halogens is 1. The molecular weight excluding hydrogens is 294 g/mol. The molecule has 0 N–H and O–H groups in total. The minimum atomic E-state index is 0.713. The third kappa shape index (κ3) is 2.96. The summed E-state index contributed by atoms with van der Waals surface area (Å²) in [5.41, 5.74) is 0.989. The van der Waals surface area contributed by atoms with Crippen LogP contribution in [0.1, 0.15) is 0 Å². The van der Waals surface area contributed by atoms with Crippen molar-refractivity contribution in [2.24, 2.45) is 0 Å². The van der Waals surface area contributed by atoms with Crippen molar-refractivity contribution in [3.05, 3.63) is 46.5 Å². The van der Waals surface area contributed by atoms with Crippen LogP contribution in [0.15, 0.2) is 36.7 Å². The summed E-state index contributed by atoms with van der Waals surface area (Å²) in [5, 5.41) is 0.713. The van der Waals surface area contributed by atoms with E-state index in [0.29, 0.717) is 5.02 Å². The number of morpholine rings is 1. The lowest BCUT2D eigenvalue weighted by Crippen LogP contribution is -2.37. The smallest absolute Gasteiger partial charge is 0.185 e. The zero-order valence-electron chi connectivity index (χ0n) is 11.0. The maximum atomic E-state index is 6.03. The van der Waals surface area contributed by atoms with Crippen molar-refractivity contribution >= 4 is 23.8 Å². The van der Waals surface area contributed by atoms with Gasteiger partial charge in [0.05, 0.1) is 19.9 Å². The van der Waals surface area contributed by atoms with Gasteiger partial charge in [-0.3, -0.25) is 9.47 Å². The summed E-state index contributed by atoms with van der Waals surface area (Å²) in [6.07, 6.45) is 3.99. The monoisotopic (exact) mass is 309 g/mol. The topological polar surface area (TPSA) is 22.3 Å². The van der Waals surface area contributed by atoms with E-state index in [9.17, 15) is 0 Å². The quantitative estimate of drug-likeness (QED) is 0.814. The fraction of sp³-hybridized carbons (Fsp3) is 0.357. The number of nitrogens with zero attached hydrogens (tertiary/aromatic N) is 3. The van der Waals surface area contributed by atoms with Gasteiger partial charge in [0, 0.05) is 36.2 Å². The molecule has 0 saturated carbocycles. The lowest BCUT2D eigenvalue weighted by molar-refractivity contribution is 0.0232. The van der Waals surface area contributed by atoms with Crippen molar-refractivity contribution in [2.75, 3.05) is 26.3 Å². The summed E-state index contributed by atoms with van der Waals surface area (Å²) < 4.78 is 10.2. The fourth-order valence-electron chi connectivity index (χ4n) is 2.30. The molecule has 1 saturated heterocycles. The van der Waals surface area contributed by atoms with Gasteiger partial charge in [-0.1, -0.05) is 17.7 Å². The Hall–Kier alpha value is -1.14. The maximum absolute atomic E-state index is 6.03. The second-order valence-electron chi connectivity index (χ2n) is 4.77. The third-order valence-electron chi connectivity index (χ3n) is 3.39. The van der Waals surface area contributed by atoms with E-state index in [-0.39, 0.29) is 0 Å². The van der Waals surface area contributed by atoms with Crippen LogP contribution in [0.2, 0.25) is 5.02 Å². The van der Waals surface area contributed by atoms with Gasteiger partial charge in [0.1, 0.15) is 0 Å². The van der Waals surface area contributed by atoms with E-state index in [1.54, 1.807) is 0 Å². The number of ether oxygens (including phenoxy) is 1. The molecule has 2 aromatic rings. The summed E-state index contributed by atoms with van der Waals surface area (Å²) in [6, 6.07) is 7.70. The fourth-order valence-corrected chi connectivity index (χ4v) is 2.77. The van der Waals surface area contributed by atoms with Crippen molar-refractivity contribution in [3.8, 4) is 5.69 Å². The molecule has 0 spiro atoms. The lowest BCUT2D eigenvalue weighted by atomic mass is 10.3. The highest BCUT2D eigenvalue weighted by Gasteiger charge is 2.11. The van der Waals surface area contributed by atoms with E-state index in [4.69, 9.17) is 28.6 Å². The molecule has 0 amide bonds. The van der Waals surface area contributed by atoms with Gasteiger partial charge >= 0.3 is 0 Å². The van der Waals surface area contributed by atoms with Crippen LogP contribution in [0.25, 0.3) is 5.69 Å². The standard InChI is InChI=1S/C14H16ClN3OS/c15-12-2-1-3-13(10-12)18-5-4-17(14(18)20)11-16-6-8-19-9-7-16/h1-5,10H,6-9,11H2. The van der Waals surface area contributed by atoms with Crippen LogP contribution in [0.4, 0.5) is 0 Å². The summed E-state index contributed by atoms with van der Waals surface area (Å²) in [4.78, 5) is 2.33. The molecule has 106 valence electrons. The highest BCUT2D eigenvalue weighted by molar-refractivity contribution is 7.71. The van der Waals surface area contributed by atoms with Gasteiger partial charge in [0.2, 0.25) is 0 Å². The molecule has 0 aliphatic carbocycles. The number of rotatable bonds is 3. The second kappa shape index (κ2) is 6.10. The molecule has 1 aliphatic rings. The van der Waals surface area contributed by atoms with Gasteiger partial charge < -0.3 is 9.30 Å². The average Bonchev–Trinajstić information content (AvgIpc) is 2.81. The summed E-state index contributed by atoms with van der Waals surface area (Å²) in [6.45, 7) is 4.29. The van der Waals surface area contributed by atoms with Crippen LogP contribution in [0.5, 0.6) is 0 Å². The maximum Gasteiger partial charge on any atom is 0.185 e. The van der Waals surface area contributed by atoms with Gasteiger partial charge in [0.25, 0.3) is 0 Å². The first-order chi connectivity index (χ1) is 9.74. The van der Waals surface area contributed by atoms with E-state index in [1.807, 2.05) is 41.2 Å². The van der Waals surface area contributed by atoms with Gasteiger partial charge in [-0.15, -0.1) is 0 Å². The van der Waals surface area contributed by atoms with Crippen LogP contribution in [0, 0.1) is 4.77 Å². The van der Waals surface area contributed by atoms with Gasteiger partial charge in [0.15, 0.2) is 4.77 Å². The van der Waals surface area contributed by atoms with Crippen LogP contribution in [-0.2, 0) is 11.4 Å². The predicted molar refractivity (Wildman–Crippen MR) is 82.0 cm³/mol. The van der Waals surface area contributed by atoms with E-state index >= 15 is 0 Å². The van der Waals surface area contributed by atoms with Crippen LogP contribution in [-0.4, -0.2) is 40.3 Å². The molecule has 1 aromatic carbocycles. The van der Waals surface area contributed by atoms with Gasteiger partial charge in [-0.25, -0.2) is 0 Å². The van der Waals surface area contributed by atoms with Crippen LogP contribution >= 0.6 is 23.8 Å². The molecule has 6 heteroatoms. The first-order valence-electron chi connectivity index (χ1n) is 6.58. The van der Waals surface area contributed by atoms with Crippen LogP contribution < -0.4 is 0 Å². The van der Waals surface area contributed by atoms with E-state index < -0.39 is 0 Å². The highest BCUT2D eigenvalue weighted by Crippen LogP contribution is 2.16. The Morgan fingerprint density at radius 2 is 2.00 bits per heavy atom. The zero-order valence-corrected chi connectivity index (χ0v) is 12.6. The number of benzene rings is 1. The van der Waals surface area contributed by atoms with Crippen molar-refractivity contribution in [1.82, 2.24) is 14.0 Å². The minimum absolute atomic E-state index is 0.713. The van der Waals surface area contributed by atoms with E-state index in [2.05, 4.69) is 9.47 Å². The summed E-state index contributed by atoms with van der Waals surface area (Å²) >= 11 is 11.6. The molecular formula is C14H16ClN3OS. The van der Waals surface area contributed by atoms with Crippen LogP contribution in [0.3, 0.4) is 0 Å². The van der Waals surface area contributed by atoms with E-state index in [1.165, 1.54) is 0 Å². The van der Waals surface area contributed by atoms with Crippen molar-refractivity contribution < 1.29 is 4.74 Å². The van der Waals surface area contributed by atoms with Crippen molar-refractivity contribution in [1.29, 1.82) is 0 Å². The second-order valence-corrected chi connectivity index (χ2v) is 5.57. The Balaban J connectivity index is 1.83. The molecule has 0 unspecified atom stereocenters. The molecule has 0 radical (unpaired) electrons. The normalized spacial score (nSPS) is 16.4. The Bertz CT molecular complexity index is 646. The number of imidazole rings is 1. The lowest BCUT2D eigenvalue weighted by Gasteiger charge is -2.26. The Morgan fingerprint density at radius 1 is 1.20 bits per heavy atom. The Labute approximate surface area is 128 Å². The predicted octanol–water partition coefficient (Wildman–Crippen LogP) is 2.95. The van der Waals surface area contributed by atoms with E-state index in [0.717, 1.165) is 43.4 Å². The molecule has 1 aliphatic heterocycles. The first kappa shape index (κ1) is 13.8. The largest absolute Gasteiger partial charge is 0.379 e. The van der Waals surface area contributed by atoms with Crippen molar-refractivity contribution in [2.45, 2.75) is 6.67 Å². The SMILES string of the molecule is S=c1n(CN2CCOCC2)ccn1-c1cccc(Cl)c1. The molecule has 1 aromatic heterocycles. The van der Waals surface area contributed by atoms with Gasteiger partial charge in [-0.2, -0.15) is 0 Å². The Kier molecular flexibility index (Phi) is 4.21. The van der Waals surface area contributed by atoms with Crippen molar-refractivity contribution in [3.63, 3.8) is 0 Å². The zero-order chi connectivity index (χ0) is 13.9. The number of aromatic nitrogens is 2. The highest BCUT2D eigenvalue weighted by atomic mass is 35.5. The third-order valence-corrected chi connectivity index (χ3v) is 4.06. The Morgan fingerprint density at radius 3 is 2.75 bits per heavy atom. The number of hydrogen-bond donors (Lipinski definition) is 0.